The highest BCUT2D eigenvalue weighted by Crippen LogP contribution is 2.29. The van der Waals surface area contributed by atoms with E-state index in [2.05, 4.69) is 0 Å². The summed E-state index contributed by atoms with van der Waals surface area (Å²) < 4.78 is 5.23. The number of nitrogens with zero attached hydrogens (tertiary/aromatic N) is 1. The minimum absolute atomic E-state index is 0.128. The number of amides is 1. The van der Waals surface area contributed by atoms with Crippen molar-refractivity contribution >= 4 is 23.5 Å². The van der Waals surface area contributed by atoms with Crippen LogP contribution in [0.3, 0.4) is 0 Å². The summed E-state index contributed by atoms with van der Waals surface area (Å²) in [4.78, 5) is 25.3. The van der Waals surface area contributed by atoms with Crippen molar-refractivity contribution in [1.29, 1.82) is 0 Å². The van der Waals surface area contributed by atoms with E-state index in [1.165, 1.54) is 7.11 Å². The lowest BCUT2D eigenvalue weighted by atomic mass is 9.97. The van der Waals surface area contributed by atoms with Crippen molar-refractivity contribution in [3.05, 3.63) is 28.8 Å². The fraction of sp³-hybridized carbons (Fsp3) is 0.500. The summed E-state index contributed by atoms with van der Waals surface area (Å²) >= 11 is 6.16. The van der Waals surface area contributed by atoms with Crippen molar-refractivity contribution in [1.82, 2.24) is 4.90 Å². The van der Waals surface area contributed by atoms with E-state index in [4.69, 9.17) is 21.4 Å². The van der Waals surface area contributed by atoms with Gasteiger partial charge in [-0.25, -0.2) is 0 Å². The average molecular weight is 326 g/mol. The monoisotopic (exact) mass is 325 g/mol. The number of carbonyl (C=O) groups excluding carboxylic acids is 1. The molecular weight excluding hydrogens is 306 g/mol. The molecule has 1 aromatic rings. The van der Waals surface area contributed by atoms with Gasteiger partial charge in [-0.15, -0.1) is 0 Å². The Kier molecular flexibility index (Phi) is 5.66. The highest BCUT2D eigenvalue weighted by atomic mass is 35.5. The van der Waals surface area contributed by atoms with Crippen LogP contribution in [0.5, 0.6) is 5.75 Å². The van der Waals surface area contributed by atoms with E-state index in [1.54, 1.807) is 23.1 Å². The Morgan fingerprint density at radius 2 is 2.14 bits per heavy atom. The van der Waals surface area contributed by atoms with Gasteiger partial charge >= 0.3 is 5.97 Å². The molecule has 0 bridgehead atoms. The Balaban J connectivity index is 2.12. The molecule has 1 fully saturated rings. The molecule has 1 aliphatic heterocycles. The number of rotatable bonds is 4. The van der Waals surface area contributed by atoms with E-state index < -0.39 is 5.97 Å². The first-order valence-electron chi connectivity index (χ1n) is 7.36. The SMILES string of the molecule is COc1cccc(Cl)c1C(=O)N1CCCC(CC(=O)O)CC1. The van der Waals surface area contributed by atoms with Gasteiger partial charge in [-0.05, 0) is 37.3 Å². The van der Waals surface area contributed by atoms with E-state index in [0.29, 0.717) is 35.8 Å². The van der Waals surface area contributed by atoms with Crippen LogP contribution in [0.4, 0.5) is 0 Å². The summed E-state index contributed by atoms with van der Waals surface area (Å²) in [5.74, 6) is -0.344. The average Bonchev–Trinajstić information content (AvgIpc) is 2.71. The van der Waals surface area contributed by atoms with Crippen LogP contribution in [0.15, 0.2) is 18.2 Å². The molecule has 120 valence electrons. The van der Waals surface area contributed by atoms with Crippen LogP contribution in [-0.2, 0) is 4.79 Å². The minimum atomic E-state index is -0.780. The Bertz CT molecular complexity index is 561. The first kappa shape index (κ1) is 16.6. The van der Waals surface area contributed by atoms with Crippen molar-refractivity contribution in [3.8, 4) is 5.75 Å². The maximum absolute atomic E-state index is 12.7. The summed E-state index contributed by atoms with van der Waals surface area (Å²) in [6.07, 6.45) is 2.49. The zero-order valence-electron chi connectivity index (χ0n) is 12.5. The van der Waals surface area contributed by atoms with Crippen LogP contribution in [0.1, 0.15) is 36.0 Å². The van der Waals surface area contributed by atoms with Crippen LogP contribution >= 0.6 is 11.6 Å². The standard InChI is InChI=1S/C16H20ClNO4/c1-22-13-6-2-5-12(17)15(13)16(21)18-8-3-4-11(7-9-18)10-14(19)20/h2,5-6,11H,3-4,7-10H2,1H3,(H,19,20). The minimum Gasteiger partial charge on any atom is -0.496 e. The first-order chi connectivity index (χ1) is 10.5. The zero-order valence-corrected chi connectivity index (χ0v) is 13.3. The van der Waals surface area contributed by atoms with Crippen molar-refractivity contribution in [2.45, 2.75) is 25.7 Å². The molecule has 1 N–H and O–H groups in total. The topological polar surface area (TPSA) is 66.8 Å². The van der Waals surface area contributed by atoms with Crippen LogP contribution in [0, 0.1) is 5.92 Å². The molecule has 0 saturated carbocycles. The fourth-order valence-electron chi connectivity index (χ4n) is 2.86. The largest absolute Gasteiger partial charge is 0.496 e. The molecule has 1 atom stereocenters. The number of halogens is 1. The maximum atomic E-state index is 12.7. The smallest absolute Gasteiger partial charge is 0.303 e. The first-order valence-corrected chi connectivity index (χ1v) is 7.74. The summed E-state index contributed by atoms with van der Waals surface area (Å²) in [7, 11) is 1.51. The molecule has 0 aromatic heterocycles. The zero-order chi connectivity index (χ0) is 16.1. The van der Waals surface area contributed by atoms with Crippen LogP contribution in [-0.4, -0.2) is 42.1 Å². The Hall–Kier alpha value is -1.75. The van der Waals surface area contributed by atoms with Crippen LogP contribution in [0.25, 0.3) is 0 Å². The number of ether oxygens (including phenoxy) is 1. The van der Waals surface area contributed by atoms with Gasteiger partial charge in [-0.1, -0.05) is 17.7 Å². The van der Waals surface area contributed by atoms with Crippen molar-refractivity contribution in [2.24, 2.45) is 5.92 Å². The summed E-state index contributed by atoms with van der Waals surface area (Å²) in [5.41, 5.74) is 0.378. The van der Waals surface area contributed by atoms with Gasteiger partial charge in [0.15, 0.2) is 0 Å². The molecule has 22 heavy (non-hydrogen) atoms. The molecule has 0 spiro atoms. The molecule has 1 aromatic carbocycles. The second-order valence-corrected chi connectivity index (χ2v) is 5.91. The number of carboxylic acid groups (broad SMARTS) is 1. The predicted molar refractivity (Wildman–Crippen MR) is 83.5 cm³/mol. The second kappa shape index (κ2) is 7.49. The lowest BCUT2D eigenvalue weighted by molar-refractivity contribution is -0.138. The van der Waals surface area contributed by atoms with E-state index >= 15 is 0 Å². The molecule has 1 amide bonds. The molecule has 1 saturated heterocycles. The number of aliphatic carboxylic acids is 1. The van der Waals surface area contributed by atoms with Gasteiger partial charge in [0.05, 0.1) is 12.1 Å². The quantitative estimate of drug-likeness (QED) is 0.923. The molecule has 6 heteroatoms. The third kappa shape index (κ3) is 3.91. The number of hydrogen-bond acceptors (Lipinski definition) is 3. The Morgan fingerprint density at radius 3 is 2.82 bits per heavy atom. The maximum Gasteiger partial charge on any atom is 0.303 e. The Morgan fingerprint density at radius 1 is 1.36 bits per heavy atom. The number of benzene rings is 1. The van der Waals surface area contributed by atoms with Gasteiger partial charge in [0.2, 0.25) is 0 Å². The van der Waals surface area contributed by atoms with Crippen LogP contribution in [0.2, 0.25) is 5.02 Å². The number of carboxylic acids is 1. The van der Waals surface area contributed by atoms with Gasteiger partial charge in [0.1, 0.15) is 11.3 Å². The van der Waals surface area contributed by atoms with Crippen molar-refractivity contribution < 1.29 is 19.4 Å². The molecular formula is C16H20ClNO4. The van der Waals surface area contributed by atoms with E-state index in [-0.39, 0.29) is 18.2 Å². The van der Waals surface area contributed by atoms with Gasteiger partial charge in [-0.3, -0.25) is 9.59 Å². The molecule has 0 aliphatic carbocycles. The second-order valence-electron chi connectivity index (χ2n) is 5.50. The van der Waals surface area contributed by atoms with E-state index in [0.717, 1.165) is 12.8 Å². The van der Waals surface area contributed by atoms with Crippen molar-refractivity contribution in [2.75, 3.05) is 20.2 Å². The van der Waals surface area contributed by atoms with Crippen LogP contribution < -0.4 is 4.74 Å². The third-order valence-electron chi connectivity index (χ3n) is 4.01. The number of methoxy groups -OCH3 is 1. The van der Waals surface area contributed by atoms with Gasteiger partial charge in [0, 0.05) is 19.5 Å². The summed E-state index contributed by atoms with van der Waals surface area (Å²) in [6, 6.07) is 5.12. The fourth-order valence-corrected chi connectivity index (χ4v) is 3.11. The van der Waals surface area contributed by atoms with E-state index in [1.807, 2.05) is 0 Å². The molecule has 2 rings (SSSR count). The normalized spacial score (nSPS) is 18.6. The van der Waals surface area contributed by atoms with Crippen molar-refractivity contribution in [3.63, 3.8) is 0 Å². The predicted octanol–water partition coefficient (Wildman–Crippen LogP) is 3.07. The van der Waals surface area contributed by atoms with Gasteiger partial charge in [-0.2, -0.15) is 0 Å². The highest BCUT2D eigenvalue weighted by Gasteiger charge is 2.26. The molecule has 5 nitrogen and oxygen atoms in total. The Labute approximate surface area is 134 Å². The molecule has 0 radical (unpaired) electrons. The lowest BCUT2D eigenvalue weighted by Crippen LogP contribution is -2.32. The van der Waals surface area contributed by atoms with E-state index in [9.17, 15) is 9.59 Å². The van der Waals surface area contributed by atoms with Gasteiger partial charge in [0.25, 0.3) is 5.91 Å². The number of likely N-dealkylation sites (tertiary alicyclic amines) is 1. The summed E-state index contributed by atoms with van der Waals surface area (Å²) in [5, 5.41) is 9.27. The molecule has 1 unspecified atom stereocenters. The summed E-state index contributed by atoms with van der Waals surface area (Å²) in [6.45, 7) is 1.16. The number of hydrogen-bond donors (Lipinski definition) is 1. The lowest BCUT2D eigenvalue weighted by Gasteiger charge is -2.22. The third-order valence-corrected chi connectivity index (χ3v) is 4.32. The van der Waals surface area contributed by atoms with Gasteiger partial charge < -0.3 is 14.7 Å². The molecule has 1 aliphatic rings. The highest BCUT2D eigenvalue weighted by molar-refractivity contribution is 6.34. The molecule has 1 heterocycles. The number of carbonyl (C=O) groups is 2.